The van der Waals surface area contributed by atoms with Crippen molar-refractivity contribution in [2.24, 2.45) is 11.8 Å². The molecule has 0 spiro atoms. The molecule has 0 saturated carbocycles. The molecule has 0 aliphatic carbocycles. The van der Waals surface area contributed by atoms with Crippen molar-refractivity contribution in [2.75, 3.05) is 13.1 Å². The van der Waals surface area contributed by atoms with Gasteiger partial charge in [-0.05, 0) is 63.1 Å². The summed E-state index contributed by atoms with van der Waals surface area (Å²) in [5, 5.41) is 5.99. The maximum absolute atomic E-state index is 13.0. The number of sulfonamides is 1. The van der Waals surface area contributed by atoms with Gasteiger partial charge in [0.15, 0.2) is 0 Å². The highest BCUT2D eigenvalue weighted by Crippen LogP contribution is 2.24. The van der Waals surface area contributed by atoms with Gasteiger partial charge in [-0.2, -0.15) is 4.31 Å². The van der Waals surface area contributed by atoms with E-state index in [0.29, 0.717) is 12.8 Å². The Morgan fingerprint density at radius 1 is 0.944 bits per heavy atom. The van der Waals surface area contributed by atoms with E-state index in [4.69, 9.17) is 0 Å². The number of hydrogen-bond donors (Lipinski definition) is 2. The molecule has 7 nitrogen and oxygen atoms in total. The summed E-state index contributed by atoms with van der Waals surface area (Å²) in [6, 6.07) is 16.3. The lowest BCUT2D eigenvalue weighted by Crippen LogP contribution is -2.53. The average Bonchev–Trinajstić information content (AvgIpc) is 2.86. The number of carbonyl (C=O) groups is 2. The van der Waals surface area contributed by atoms with Crippen molar-refractivity contribution in [2.45, 2.75) is 70.4 Å². The summed E-state index contributed by atoms with van der Waals surface area (Å²) in [4.78, 5) is 26.3. The molecule has 2 atom stereocenters. The smallest absolute Gasteiger partial charge is 0.243 e. The first kappa shape index (κ1) is 27.9. The fourth-order valence-electron chi connectivity index (χ4n) is 4.46. The van der Waals surface area contributed by atoms with Gasteiger partial charge in [0.25, 0.3) is 0 Å². The van der Waals surface area contributed by atoms with Crippen LogP contribution in [0.15, 0.2) is 59.5 Å². The topological polar surface area (TPSA) is 95.6 Å². The second-order valence-electron chi connectivity index (χ2n) is 10.2. The van der Waals surface area contributed by atoms with Crippen LogP contribution in [-0.2, 0) is 26.0 Å². The summed E-state index contributed by atoms with van der Waals surface area (Å²) in [5.41, 5.74) is 2.22. The van der Waals surface area contributed by atoms with Crippen molar-refractivity contribution in [3.8, 4) is 0 Å². The number of nitrogens with zero attached hydrogens (tertiary/aromatic N) is 1. The summed E-state index contributed by atoms with van der Waals surface area (Å²) in [5.74, 6) is -0.761. The highest BCUT2D eigenvalue weighted by molar-refractivity contribution is 7.89. The second kappa shape index (κ2) is 12.5. The van der Waals surface area contributed by atoms with E-state index < -0.39 is 16.1 Å². The Hall–Kier alpha value is -2.71. The number of hydrogen-bond acceptors (Lipinski definition) is 4. The third-order valence-corrected chi connectivity index (χ3v) is 8.74. The Labute approximate surface area is 215 Å². The van der Waals surface area contributed by atoms with E-state index in [-0.39, 0.29) is 47.7 Å². The highest BCUT2D eigenvalue weighted by atomic mass is 32.2. The molecule has 196 valence electrons. The molecule has 1 fully saturated rings. The number of nitrogens with one attached hydrogen (secondary N) is 2. The van der Waals surface area contributed by atoms with Crippen molar-refractivity contribution in [1.82, 2.24) is 14.9 Å². The lowest BCUT2D eigenvalue weighted by atomic mass is 9.95. The van der Waals surface area contributed by atoms with Gasteiger partial charge < -0.3 is 10.6 Å². The maximum atomic E-state index is 13.0. The zero-order chi connectivity index (χ0) is 26.3. The molecule has 0 bridgehead atoms. The molecule has 1 aliphatic rings. The van der Waals surface area contributed by atoms with Crippen LogP contribution in [0.2, 0.25) is 0 Å². The zero-order valence-electron chi connectivity index (χ0n) is 21.7. The first-order valence-corrected chi connectivity index (χ1v) is 14.2. The molecule has 0 aromatic heterocycles. The Bertz CT molecular complexity index is 1110. The molecule has 1 saturated heterocycles. The van der Waals surface area contributed by atoms with Crippen molar-refractivity contribution in [1.29, 1.82) is 0 Å². The molecule has 0 unspecified atom stereocenters. The summed E-state index contributed by atoms with van der Waals surface area (Å²) < 4.78 is 27.3. The van der Waals surface area contributed by atoms with Gasteiger partial charge in [-0.1, -0.05) is 61.9 Å². The average molecular weight is 514 g/mol. The van der Waals surface area contributed by atoms with Crippen molar-refractivity contribution < 1.29 is 18.0 Å². The third-order valence-electron chi connectivity index (χ3n) is 6.83. The molecule has 2 aromatic rings. The lowest BCUT2D eigenvalue weighted by molar-refractivity contribution is -0.133. The first-order valence-electron chi connectivity index (χ1n) is 12.8. The molecule has 2 N–H and O–H groups in total. The highest BCUT2D eigenvalue weighted by Gasteiger charge is 2.34. The van der Waals surface area contributed by atoms with Crippen LogP contribution < -0.4 is 10.6 Å². The molecule has 8 heteroatoms. The fraction of sp³-hybridized carbons (Fsp3) is 0.500. The van der Waals surface area contributed by atoms with Crippen molar-refractivity contribution >= 4 is 21.8 Å². The van der Waals surface area contributed by atoms with Gasteiger partial charge in [0.2, 0.25) is 21.8 Å². The molecular weight excluding hydrogens is 474 g/mol. The molecule has 3 rings (SSSR count). The largest absolute Gasteiger partial charge is 0.352 e. The minimum absolute atomic E-state index is 0.0222. The Balaban J connectivity index is 1.51. The van der Waals surface area contributed by atoms with E-state index in [1.54, 1.807) is 24.3 Å². The van der Waals surface area contributed by atoms with Crippen LogP contribution in [0.4, 0.5) is 0 Å². The number of benzene rings is 2. The molecule has 2 aromatic carbocycles. The first-order chi connectivity index (χ1) is 17.1. The Kier molecular flexibility index (Phi) is 9.68. The van der Waals surface area contributed by atoms with Crippen LogP contribution in [-0.4, -0.2) is 49.7 Å². The van der Waals surface area contributed by atoms with Crippen LogP contribution in [0.1, 0.15) is 51.2 Å². The van der Waals surface area contributed by atoms with Crippen LogP contribution in [0, 0.1) is 18.8 Å². The van der Waals surface area contributed by atoms with E-state index in [0.717, 1.165) is 18.4 Å². The minimum atomic E-state index is -3.58. The Morgan fingerprint density at radius 2 is 1.56 bits per heavy atom. The monoisotopic (exact) mass is 513 g/mol. The van der Waals surface area contributed by atoms with Crippen LogP contribution in [0.5, 0.6) is 0 Å². The number of piperidine rings is 1. The number of aryl methyl sites for hydroxylation is 2. The standard InChI is InChI=1S/C28H39N3O4S/c1-20(2)26(28(33)29-22(4)12-13-23-8-6-5-7-9-23)30-27(32)24-16-18-31(19-17-24)36(34,35)25-14-10-21(3)11-15-25/h5-11,14-15,20,22,24,26H,12-13,16-19H2,1-4H3,(H,29,33)(H,30,32)/t22-,26+/m1/s1. The zero-order valence-corrected chi connectivity index (χ0v) is 22.6. The maximum Gasteiger partial charge on any atom is 0.243 e. The van der Waals surface area contributed by atoms with E-state index in [1.165, 1.54) is 9.87 Å². The second-order valence-corrected chi connectivity index (χ2v) is 12.1. The third kappa shape index (κ3) is 7.40. The number of carbonyl (C=O) groups excluding carboxylic acids is 2. The minimum Gasteiger partial charge on any atom is -0.352 e. The van der Waals surface area contributed by atoms with E-state index in [1.807, 2.05) is 45.9 Å². The quantitative estimate of drug-likeness (QED) is 0.507. The van der Waals surface area contributed by atoms with Gasteiger partial charge in [-0.25, -0.2) is 8.42 Å². The van der Waals surface area contributed by atoms with Crippen LogP contribution in [0.25, 0.3) is 0 Å². The lowest BCUT2D eigenvalue weighted by Gasteiger charge is -2.32. The predicted octanol–water partition coefficient (Wildman–Crippen LogP) is 3.67. The van der Waals surface area contributed by atoms with Gasteiger partial charge in [0, 0.05) is 25.0 Å². The fourth-order valence-corrected chi connectivity index (χ4v) is 5.93. The van der Waals surface area contributed by atoms with Crippen LogP contribution >= 0.6 is 0 Å². The molecule has 36 heavy (non-hydrogen) atoms. The molecule has 2 amide bonds. The Morgan fingerprint density at radius 3 is 2.14 bits per heavy atom. The van der Waals surface area contributed by atoms with Gasteiger partial charge >= 0.3 is 0 Å². The summed E-state index contributed by atoms with van der Waals surface area (Å²) >= 11 is 0. The normalized spacial score (nSPS) is 16.9. The summed E-state index contributed by atoms with van der Waals surface area (Å²) in [6.07, 6.45) is 2.53. The van der Waals surface area contributed by atoms with Crippen molar-refractivity contribution in [3.63, 3.8) is 0 Å². The van der Waals surface area contributed by atoms with Gasteiger partial charge in [0.05, 0.1) is 4.90 Å². The summed E-state index contributed by atoms with van der Waals surface area (Å²) in [7, 11) is -3.58. The van der Waals surface area contributed by atoms with E-state index >= 15 is 0 Å². The van der Waals surface area contributed by atoms with Gasteiger partial charge in [-0.3, -0.25) is 9.59 Å². The molecule has 1 heterocycles. The van der Waals surface area contributed by atoms with Gasteiger partial charge in [0.1, 0.15) is 6.04 Å². The number of rotatable bonds is 10. The summed E-state index contributed by atoms with van der Waals surface area (Å²) in [6.45, 7) is 8.28. The van der Waals surface area contributed by atoms with E-state index in [9.17, 15) is 18.0 Å². The molecule has 1 aliphatic heterocycles. The molecule has 0 radical (unpaired) electrons. The van der Waals surface area contributed by atoms with Crippen LogP contribution in [0.3, 0.4) is 0 Å². The predicted molar refractivity (Wildman–Crippen MR) is 142 cm³/mol. The SMILES string of the molecule is Cc1ccc(S(=O)(=O)N2CCC(C(=O)N[C@H](C(=O)N[C@H](C)CCc3ccccc3)C(C)C)CC2)cc1. The van der Waals surface area contributed by atoms with Gasteiger partial charge in [-0.15, -0.1) is 0 Å². The van der Waals surface area contributed by atoms with Crippen molar-refractivity contribution in [3.05, 3.63) is 65.7 Å². The van der Waals surface area contributed by atoms with E-state index in [2.05, 4.69) is 22.8 Å². The molecular formula is C28H39N3O4S. The number of amides is 2.